The van der Waals surface area contributed by atoms with Crippen molar-refractivity contribution < 1.29 is 19.1 Å². The van der Waals surface area contributed by atoms with Crippen molar-refractivity contribution in [2.45, 2.75) is 23.5 Å². The SMILES string of the molecule is CCC(Sc1cccc(NC(=O)/C(=C/c2ccc(Cl)cc2)NC(=O)c2ccccc2)c1)C(=O)Nc1ccc(Oc2ccccc2)cc1. The number of nitrogens with one attached hydrogen (secondary N) is 3. The molecule has 0 aromatic heterocycles. The molecular formula is C38H32ClN3O4S. The number of thioether (sulfide) groups is 1. The molecule has 1 unspecified atom stereocenters. The van der Waals surface area contributed by atoms with Crippen LogP contribution in [-0.2, 0) is 9.59 Å². The Hall–Kier alpha value is -5.31. The number of benzene rings is 5. The van der Waals surface area contributed by atoms with E-state index in [-0.39, 0.29) is 16.9 Å². The van der Waals surface area contributed by atoms with Gasteiger partial charge in [-0.05, 0) is 96.9 Å². The number of hydrogen-bond donors (Lipinski definition) is 3. The Morgan fingerprint density at radius 1 is 0.745 bits per heavy atom. The summed E-state index contributed by atoms with van der Waals surface area (Å²) < 4.78 is 5.84. The predicted molar refractivity (Wildman–Crippen MR) is 190 cm³/mol. The minimum atomic E-state index is -0.504. The molecule has 9 heteroatoms. The molecule has 0 fully saturated rings. The summed E-state index contributed by atoms with van der Waals surface area (Å²) in [5.74, 6) is 0.341. The summed E-state index contributed by atoms with van der Waals surface area (Å²) in [5.41, 5.74) is 2.34. The lowest BCUT2D eigenvalue weighted by atomic mass is 10.1. The molecule has 3 amide bonds. The van der Waals surface area contributed by atoms with Crippen molar-refractivity contribution in [2.24, 2.45) is 0 Å². The van der Waals surface area contributed by atoms with Gasteiger partial charge in [-0.2, -0.15) is 0 Å². The van der Waals surface area contributed by atoms with Crippen LogP contribution >= 0.6 is 23.4 Å². The van der Waals surface area contributed by atoms with E-state index in [2.05, 4.69) is 16.0 Å². The fourth-order valence-electron chi connectivity index (χ4n) is 4.45. The number of carbonyl (C=O) groups excluding carboxylic acids is 3. The molecule has 5 rings (SSSR count). The Morgan fingerprint density at radius 3 is 2.09 bits per heavy atom. The topological polar surface area (TPSA) is 96.5 Å². The van der Waals surface area contributed by atoms with Gasteiger partial charge in [0.1, 0.15) is 17.2 Å². The zero-order chi connectivity index (χ0) is 33.0. The van der Waals surface area contributed by atoms with Crippen molar-refractivity contribution >= 4 is 58.5 Å². The van der Waals surface area contributed by atoms with Crippen molar-refractivity contribution in [3.63, 3.8) is 0 Å². The first-order valence-corrected chi connectivity index (χ1v) is 16.2. The highest BCUT2D eigenvalue weighted by Gasteiger charge is 2.19. The largest absolute Gasteiger partial charge is 0.457 e. The summed E-state index contributed by atoms with van der Waals surface area (Å²) in [7, 11) is 0. The molecule has 3 N–H and O–H groups in total. The van der Waals surface area contributed by atoms with E-state index in [1.54, 1.807) is 97.1 Å². The Balaban J connectivity index is 1.24. The van der Waals surface area contributed by atoms with E-state index in [9.17, 15) is 14.4 Å². The van der Waals surface area contributed by atoms with Gasteiger partial charge in [-0.15, -0.1) is 11.8 Å². The Labute approximate surface area is 283 Å². The highest BCUT2D eigenvalue weighted by molar-refractivity contribution is 8.00. The molecule has 0 aliphatic rings. The minimum absolute atomic E-state index is 0.0604. The summed E-state index contributed by atoms with van der Waals surface area (Å²) >= 11 is 7.43. The molecule has 5 aromatic rings. The summed E-state index contributed by atoms with van der Waals surface area (Å²) in [4.78, 5) is 40.4. The molecule has 47 heavy (non-hydrogen) atoms. The first-order valence-electron chi connectivity index (χ1n) is 14.9. The molecular weight excluding hydrogens is 630 g/mol. The second-order valence-corrected chi connectivity index (χ2v) is 12.1. The van der Waals surface area contributed by atoms with Crippen molar-refractivity contribution in [1.29, 1.82) is 0 Å². The number of para-hydroxylation sites is 1. The van der Waals surface area contributed by atoms with E-state index in [4.69, 9.17) is 16.3 Å². The lowest BCUT2D eigenvalue weighted by molar-refractivity contribution is -0.116. The maximum atomic E-state index is 13.5. The minimum Gasteiger partial charge on any atom is -0.457 e. The number of amides is 3. The smallest absolute Gasteiger partial charge is 0.272 e. The van der Waals surface area contributed by atoms with E-state index in [0.29, 0.717) is 39.7 Å². The number of carbonyl (C=O) groups is 3. The molecule has 0 aliphatic heterocycles. The van der Waals surface area contributed by atoms with Crippen LogP contribution in [-0.4, -0.2) is 23.0 Å². The third-order valence-corrected chi connectivity index (χ3v) is 8.45. The van der Waals surface area contributed by atoms with E-state index in [1.165, 1.54) is 11.8 Å². The molecule has 1 atom stereocenters. The number of rotatable bonds is 12. The van der Waals surface area contributed by atoms with Crippen LogP contribution in [0, 0.1) is 0 Å². The number of hydrogen-bond acceptors (Lipinski definition) is 5. The monoisotopic (exact) mass is 661 g/mol. The average Bonchev–Trinajstić information content (AvgIpc) is 3.09. The van der Waals surface area contributed by atoms with Crippen LogP contribution in [0.1, 0.15) is 29.3 Å². The number of ether oxygens (including phenoxy) is 1. The summed E-state index contributed by atoms with van der Waals surface area (Å²) in [5, 5.41) is 8.77. The lowest BCUT2D eigenvalue weighted by Crippen LogP contribution is -2.30. The van der Waals surface area contributed by atoms with Crippen molar-refractivity contribution in [1.82, 2.24) is 5.32 Å². The summed E-state index contributed by atoms with van der Waals surface area (Å²) in [6.07, 6.45) is 2.17. The highest BCUT2D eigenvalue weighted by Crippen LogP contribution is 2.29. The number of anilines is 2. The molecule has 0 saturated heterocycles. The van der Waals surface area contributed by atoms with Crippen LogP contribution in [0.4, 0.5) is 11.4 Å². The van der Waals surface area contributed by atoms with Gasteiger partial charge in [0.15, 0.2) is 0 Å². The Morgan fingerprint density at radius 2 is 1.40 bits per heavy atom. The summed E-state index contributed by atoms with van der Waals surface area (Å²) in [6, 6.07) is 39.5. The second-order valence-electron chi connectivity index (χ2n) is 10.4. The first-order chi connectivity index (χ1) is 22.9. The van der Waals surface area contributed by atoms with Crippen molar-refractivity contribution in [2.75, 3.05) is 10.6 Å². The van der Waals surface area contributed by atoms with Gasteiger partial charge in [0.2, 0.25) is 5.91 Å². The van der Waals surface area contributed by atoms with E-state index < -0.39 is 11.8 Å². The molecule has 0 saturated carbocycles. The van der Waals surface area contributed by atoms with Crippen LogP contribution in [0.25, 0.3) is 6.08 Å². The van der Waals surface area contributed by atoms with Crippen LogP contribution in [0.2, 0.25) is 5.02 Å². The normalized spacial score (nSPS) is 11.7. The van der Waals surface area contributed by atoms with Gasteiger partial charge in [0.25, 0.3) is 11.8 Å². The molecule has 5 aromatic carbocycles. The lowest BCUT2D eigenvalue weighted by Gasteiger charge is -2.16. The highest BCUT2D eigenvalue weighted by atomic mass is 35.5. The standard InChI is InChI=1S/C38H32ClN3O4S/c1-2-35(38(45)40-29-20-22-32(23-21-29)46-31-13-7-4-8-14-31)47-33-15-9-12-30(25-33)41-37(44)34(24-26-16-18-28(39)19-17-26)42-36(43)27-10-5-3-6-11-27/h3-25,35H,2H2,1H3,(H,40,45)(H,41,44)(H,42,43)/b34-24-. The van der Waals surface area contributed by atoms with Gasteiger partial charge in [-0.1, -0.05) is 73.1 Å². The molecule has 7 nitrogen and oxygen atoms in total. The van der Waals surface area contributed by atoms with E-state index in [0.717, 1.165) is 10.6 Å². The van der Waals surface area contributed by atoms with Crippen molar-refractivity contribution in [3.8, 4) is 11.5 Å². The first kappa shape index (κ1) is 33.1. The molecule has 0 bridgehead atoms. The maximum Gasteiger partial charge on any atom is 0.272 e. The van der Waals surface area contributed by atoms with Crippen LogP contribution in [0.5, 0.6) is 11.5 Å². The van der Waals surface area contributed by atoms with Crippen LogP contribution < -0.4 is 20.7 Å². The zero-order valence-electron chi connectivity index (χ0n) is 25.5. The third kappa shape index (κ3) is 9.84. The summed E-state index contributed by atoms with van der Waals surface area (Å²) in [6.45, 7) is 1.95. The molecule has 236 valence electrons. The number of halogens is 1. The quantitative estimate of drug-likeness (QED) is 0.0916. The van der Waals surface area contributed by atoms with E-state index in [1.807, 2.05) is 49.4 Å². The Bertz CT molecular complexity index is 1850. The zero-order valence-corrected chi connectivity index (χ0v) is 27.1. The second kappa shape index (κ2) is 16.3. The molecule has 0 spiro atoms. The predicted octanol–water partition coefficient (Wildman–Crippen LogP) is 9.05. The van der Waals surface area contributed by atoms with Gasteiger partial charge in [-0.3, -0.25) is 14.4 Å². The fourth-order valence-corrected chi connectivity index (χ4v) is 5.59. The van der Waals surface area contributed by atoms with Gasteiger partial charge < -0.3 is 20.7 Å². The fraction of sp³-hybridized carbons (Fsp3) is 0.0789. The van der Waals surface area contributed by atoms with Gasteiger partial charge in [0.05, 0.1) is 5.25 Å². The Kier molecular flexibility index (Phi) is 11.5. The molecule has 0 aliphatic carbocycles. The van der Waals surface area contributed by atoms with Crippen LogP contribution in [0.3, 0.4) is 0 Å². The average molecular weight is 662 g/mol. The van der Waals surface area contributed by atoms with Crippen LogP contribution in [0.15, 0.2) is 144 Å². The van der Waals surface area contributed by atoms with Gasteiger partial charge in [0, 0.05) is 26.9 Å². The maximum absolute atomic E-state index is 13.5. The van der Waals surface area contributed by atoms with Crippen molar-refractivity contribution in [3.05, 3.63) is 155 Å². The van der Waals surface area contributed by atoms with E-state index >= 15 is 0 Å². The van der Waals surface area contributed by atoms with Gasteiger partial charge >= 0.3 is 0 Å². The third-order valence-electron chi connectivity index (χ3n) is 6.84. The van der Waals surface area contributed by atoms with Gasteiger partial charge in [-0.25, -0.2) is 0 Å². The molecule has 0 radical (unpaired) electrons. The molecule has 0 heterocycles.